The van der Waals surface area contributed by atoms with E-state index in [0.29, 0.717) is 12.6 Å². The average molecular weight is 417 g/mol. The minimum Gasteiger partial charge on any atom is -0.490 e. The Bertz CT molecular complexity index is 692. The van der Waals surface area contributed by atoms with Crippen molar-refractivity contribution in [2.75, 3.05) is 40.4 Å². The van der Waals surface area contributed by atoms with Crippen molar-refractivity contribution in [3.05, 3.63) is 29.3 Å². The first-order chi connectivity index (χ1) is 14.5. The van der Waals surface area contributed by atoms with E-state index < -0.39 is 0 Å². The molecule has 2 N–H and O–H groups in total. The molecule has 2 fully saturated rings. The van der Waals surface area contributed by atoms with Crippen LogP contribution in [-0.2, 0) is 11.3 Å². The second kappa shape index (κ2) is 11.0. The maximum Gasteiger partial charge on any atom is 0.191 e. The van der Waals surface area contributed by atoms with Gasteiger partial charge in [-0.2, -0.15) is 0 Å². The molecule has 0 spiro atoms. The van der Waals surface area contributed by atoms with E-state index in [9.17, 15) is 0 Å². The SMILES string of the molecule is CCNC(=NCc1ccc(C)cc1OC1CCCC1)NCC1(N(C)C)CCOCC1. The van der Waals surface area contributed by atoms with Crippen LogP contribution in [0.25, 0.3) is 0 Å². The molecule has 0 unspecified atom stereocenters. The third kappa shape index (κ3) is 6.11. The highest BCUT2D eigenvalue weighted by Gasteiger charge is 2.34. The van der Waals surface area contributed by atoms with Crippen molar-refractivity contribution in [2.45, 2.75) is 70.6 Å². The molecule has 0 radical (unpaired) electrons. The van der Waals surface area contributed by atoms with Gasteiger partial charge < -0.3 is 25.0 Å². The standard InChI is InChI=1S/C24H40N4O2/c1-5-25-23(27-18-24(28(3)4)12-14-29-15-13-24)26-17-20-11-10-19(2)16-22(20)30-21-8-6-7-9-21/h10-11,16,21H,5-9,12-15,17-18H2,1-4H3,(H2,25,26,27). The molecule has 1 saturated carbocycles. The zero-order valence-corrected chi connectivity index (χ0v) is 19.3. The van der Waals surface area contributed by atoms with Crippen LogP contribution in [-0.4, -0.2) is 62.9 Å². The van der Waals surface area contributed by atoms with Crippen molar-refractivity contribution in [1.29, 1.82) is 0 Å². The summed E-state index contributed by atoms with van der Waals surface area (Å²) >= 11 is 0. The number of rotatable bonds is 8. The van der Waals surface area contributed by atoms with Gasteiger partial charge in [-0.3, -0.25) is 0 Å². The molecule has 0 atom stereocenters. The molecular formula is C24H40N4O2. The van der Waals surface area contributed by atoms with E-state index in [-0.39, 0.29) is 5.54 Å². The van der Waals surface area contributed by atoms with Crippen LogP contribution in [0.15, 0.2) is 23.2 Å². The zero-order valence-electron chi connectivity index (χ0n) is 19.3. The summed E-state index contributed by atoms with van der Waals surface area (Å²) in [6.07, 6.45) is 7.30. The van der Waals surface area contributed by atoms with Crippen molar-refractivity contribution in [3.8, 4) is 5.75 Å². The normalized spacial score (nSPS) is 19.8. The molecule has 6 heteroatoms. The van der Waals surface area contributed by atoms with Crippen LogP contribution in [0.3, 0.4) is 0 Å². The minimum atomic E-state index is 0.106. The number of aliphatic imine (C=N–C) groups is 1. The Morgan fingerprint density at radius 1 is 1.20 bits per heavy atom. The van der Waals surface area contributed by atoms with Crippen LogP contribution < -0.4 is 15.4 Å². The molecule has 1 aliphatic heterocycles. The van der Waals surface area contributed by atoms with Crippen LogP contribution >= 0.6 is 0 Å². The van der Waals surface area contributed by atoms with Gasteiger partial charge in [0.2, 0.25) is 0 Å². The van der Waals surface area contributed by atoms with Crippen LogP contribution in [0, 0.1) is 6.92 Å². The molecule has 30 heavy (non-hydrogen) atoms. The Morgan fingerprint density at radius 3 is 2.60 bits per heavy atom. The Kier molecular flexibility index (Phi) is 8.40. The number of benzene rings is 1. The number of nitrogens with zero attached hydrogens (tertiary/aromatic N) is 2. The van der Waals surface area contributed by atoms with E-state index in [1.54, 1.807) is 0 Å². The van der Waals surface area contributed by atoms with Crippen molar-refractivity contribution >= 4 is 5.96 Å². The zero-order chi connectivity index (χ0) is 21.4. The number of guanidine groups is 1. The molecule has 1 heterocycles. The van der Waals surface area contributed by atoms with E-state index in [1.807, 2.05) is 0 Å². The van der Waals surface area contributed by atoms with Crippen molar-refractivity contribution in [2.24, 2.45) is 4.99 Å². The predicted octanol–water partition coefficient (Wildman–Crippen LogP) is 3.48. The number of likely N-dealkylation sites (N-methyl/N-ethyl adjacent to an activating group) is 1. The largest absolute Gasteiger partial charge is 0.490 e. The lowest BCUT2D eigenvalue weighted by atomic mass is 9.88. The smallest absolute Gasteiger partial charge is 0.191 e. The Morgan fingerprint density at radius 2 is 1.93 bits per heavy atom. The van der Waals surface area contributed by atoms with Gasteiger partial charge in [0.25, 0.3) is 0 Å². The molecule has 1 saturated heterocycles. The van der Waals surface area contributed by atoms with Gasteiger partial charge in [-0.25, -0.2) is 4.99 Å². The summed E-state index contributed by atoms with van der Waals surface area (Å²) in [5.41, 5.74) is 2.49. The van der Waals surface area contributed by atoms with Crippen molar-refractivity contribution in [1.82, 2.24) is 15.5 Å². The lowest BCUT2D eigenvalue weighted by Crippen LogP contribution is -2.57. The number of hydrogen-bond donors (Lipinski definition) is 2. The molecule has 6 nitrogen and oxygen atoms in total. The van der Waals surface area contributed by atoms with Gasteiger partial charge in [-0.05, 0) is 78.1 Å². The minimum absolute atomic E-state index is 0.106. The van der Waals surface area contributed by atoms with E-state index in [0.717, 1.165) is 69.3 Å². The van der Waals surface area contributed by atoms with E-state index in [1.165, 1.54) is 18.4 Å². The van der Waals surface area contributed by atoms with Crippen LogP contribution in [0.4, 0.5) is 0 Å². The van der Waals surface area contributed by atoms with E-state index in [4.69, 9.17) is 14.5 Å². The fraction of sp³-hybridized carbons (Fsp3) is 0.708. The molecule has 1 aromatic rings. The number of aryl methyl sites for hydroxylation is 1. The second-order valence-electron chi connectivity index (χ2n) is 8.92. The molecule has 0 bridgehead atoms. The van der Waals surface area contributed by atoms with Gasteiger partial charge >= 0.3 is 0 Å². The number of hydrogen-bond acceptors (Lipinski definition) is 4. The highest BCUT2D eigenvalue weighted by Crippen LogP contribution is 2.28. The molecule has 0 amide bonds. The summed E-state index contributed by atoms with van der Waals surface area (Å²) in [6, 6.07) is 6.47. The first-order valence-corrected chi connectivity index (χ1v) is 11.6. The summed E-state index contributed by atoms with van der Waals surface area (Å²) in [4.78, 5) is 7.22. The summed E-state index contributed by atoms with van der Waals surface area (Å²) < 4.78 is 11.9. The predicted molar refractivity (Wildman–Crippen MR) is 123 cm³/mol. The Labute approximate surface area is 182 Å². The van der Waals surface area contributed by atoms with Crippen molar-refractivity contribution in [3.63, 3.8) is 0 Å². The van der Waals surface area contributed by atoms with E-state index >= 15 is 0 Å². The van der Waals surface area contributed by atoms with Crippen LogP contribution in [0.1, 0.15) is 56.6 Å². The highest BCUT2D eigenvalue weighted by atomic mass is 16.5. The number of nitrogens with one attached hydrogen (secondary N) is 2. The second-order valence-corrected chi connectivity index (χ2v) is 8.92. The summed E-state index contributed by atoms with van der Waals surface area (Å²) in [7, 11) is 4.33. The molecule has 3 rings (SSSR count). The van der Waals surface area contributed by atoms with Crippen LogP contribution in [0.5, 0.6) is 5.75 Å². The average Bonchev–Trinajstić information content (AvgIpc) is 3.25. The monoisotopic (exact) mass is 416 g/mol. The quantitative estimate of drug-likeness (QED) is 0.502. The van der Waals surface area contributed by atoms with Gasteiger partial charge in [0.15, 0.2) is 5.96 Å². The number of ether oxygens (including phenoxy) is 2. The first kappa shape index (κ1) is 22.9. The van der Waals surface area contributed by atoms with E-state index in [2.05, 4.69) is 61.7 Å². The first-order valence-electron chi connectivity index (χ1n) is 11.6. The lowest BCUT2D eigenvalue weighted by Gasteiger charge is -2.43. The molecular weight excluding hydrogens is 376 g/mol. The van der Waals surface area contributed by atoms with Crippen molar-refractivity contribution < 1.29 is 9.47 Å². The molecule has 2 aliphatic rings. The maximum absolute atomic E-state index is 6.35. The highest BCUT2D eigenvalue weighted by molar-refractivity contribution is 5.79. The Hall–Kier alpha value is -1.79. The van der Waals surface area contributed by atoms with Crippen LogP contribution in [0.2, 0.25) is 0 Å². The summed E-state index contributed by atoms with van der Waals surface area (Å²) in [5.74, 6) is 1.85. The van der Waals surface area contributed by atoms with Gasteiger partial charge in [-0.1, -0.05) is 12.1 Å². The Balaban J connectivity index is 1.68. The fourth-order valence-electron chi connectivity index (χ4n) is 4.38. The molecule has 1 aromatic carbocycles. The third-order valence-electron chi connectivity index (χ3n) is 6.53. The van der Waals surface area contributed by atoms with Gasteiger partial charge in [-0.15, -0.1) is 0 Å². The summed E-state index contributed by atoms with van der Waals surface area (Å²) in [5, 5.41) is 6.99. The lowest BCUT2D eigenvalue weighted by molar-refractivity contribution is -0.00501. The van der Waals surface area contributed by atoms with Gasteiger partial charge in [0, 0.05) is 37.4 Å². The molecule has 168 valence electrons. The molecule has 0 aromatic heterocycles. The fourth-order valence-corrected chi connectivity index (χ4v) is 4.38. The maximum atomic E-state index is 6.35. The van der Waals surface area contributed by atoms with Gasteiger partial charge in [0.05, 0.1) is 12.6 Å². The third-order valence-corrected chi connectivity index (χ3v) is 6.53. The van der Waals surface area contributed by atoms with Gasteiger partial charge in [0.1, 0.15) is 5.75 Å². The summed E-state index contributed by atoms with van der Waals surface area (Å²) in [6.45, 7) is 8.16. The molecule has 1 aliphatic carbocycles. The topological polar surface area (TPSA) is 58.1 Å².